The second-order valence-corrected chi connectivity index (χ2v) is 7.15. The standard InChI is InChI=1S/C17H25BrFNO4/c1-17(2,3)24-16(21)20(4)8-5-9-22-10-11-23-13-6-7-14(18)15(19)12-13/h6-7,12H,5,8-11H2,1-4H3. The minimum atomic E-state index is -0.494. The maximum absolute atomic E-state index is 13.3. The van der Waals surface area contributed by atoms with Gasteiger partial charge in [-0.05, 0) is 55.3 Å². The molecule has 24 heavy (non-hydrogen) atoms. The van der Waals surface area contributed by atoms with Crippen LogP contribution in [0.2, 0.25) is 0 Å². The van der Waals surface area contributed by atoms with E-state index in [1.807, 2.05) is 20.8 Å². The van der Waals surface area contributed by atoms with Gasteiger partial charge in [-0.25, -0.2) is 9.18 Å². The first-order valence-corrected chi connectivity index (χ1v) is 8.58. The van der Waals surface area contributed by atoms with Crippen molar-refractivity contribution >= 4 is 22.0 Å². The lowest BCUT2D eigenvalue weighted by molar-refractivity contribution is 0.0274. The van der Waals surface area contributed by atoms with Gasteiger partial charge >= 0.3 is 6.09 Å². The van der Waals surface area contributed by atoms with Crippen LogP contribution in [0.4, 0.5) is 9.18 Å². The van der Waals surface area contributed by atoms with Crippen LogP contribution in [-0.4, -0.2) is 50.0 Å². The van der Waals surface area contributed by atoms with E-state index in [4.69, 9.17) is 14.2 Å². The molecule has 0 saturated heterocycles. The number of ether oxygens (including phenoxy) is 3. The number of benzene rings is 1. The minimum absolute atomic E-state index is 0.336. The van der Waals surface area contributed by atoms with Gasteiger partial charge in [0.05, 0.1) is 11.1 Å². The van der Waals surface area contributed by atoms with Crippen LogP contribution in [0, 0.1) is 5.82 Å². The van der Waals surface area contributed by atoms with Gasteiger partial charge in [0.25, 0.3) is 0 Å². The van der Waals surface area contributed by atoms with Crippen molar-refractivity contribution in [1.82, 2.24) is 4.90 Å². The summed E-state index contributed by atoms with van der Waals surface area (Å²) in [5.41, 5.74) is -0.494. The fourth-order valence-electron chi connectivity index (χ4n) is 1.72. The smallest absolute Gasteiger partial charge is 0.410 e. The normalized spacial score (nSPS) is 11.2. The molecule has 0 fully saturated rings. The molecule has 0 aliphatic carbocycles. The Bertz CT molecular complexity index is 534. The van der Waals surface area contributed by atoms with E-state index in [0.717, 1.165) is 0 Å². The van der Waals surface area contributed by atoms with Crippen molar-refractivity contribution in [3.63, 3.8) is 0 Å². The molecule has 7 heteroatoms. The van der Waals surface area contributed by atoms with Crippen LogP contribution in [0.5, 0.6) is 5.75 Å². The van der Waals surface area contributed by atoms with E-state index >= 15 is 0 Å². The first-order chi connectivity index (χ1) is 11.2. The lowest BCUT2D eigenvalue weighted by atomic mass is 10.2. The predicted octanol–water partition coefficient (Wildman–Crippen LogP) is 4.24. The molecule has 1 aromatic carbocycles. The molecule has 0 aliphatic heterocycles. The van der Waals surface area contributed by atoms with Crippen LogP contribution in [0.1, 0.15) is 27.2 Å². The van der Waals surface area contributed by atoms with Crippen LogP contribution >= 0.6 is 15.9 Å². The topological polar surface area (TPSA) is 48.0 Å². The van der Waals surface area contributed by atoms with Gasteiger partial charge < -0.3 is 19.1 Å². The van der Waals surface area contributed by atoms with Gasteiger partial charge in [0.15, 0.2) is 0 Å². The minimum Gasteiger partial charge on any atom is -0.491 e. The quantitative estimate of drug-likeness (QED) is 0.606. The molecule has 0 atom stereocenters. The van der Waals surface area contributed by atoms with E-state index < -0.39 is 5.60 Å². The first kappa shape index (κ1) is 20.7. The molecule has 1 amide bonds. The maximum atomic E-state index is 13.3. The van der Waals surface area contributed by atoms with E-state index in [1.54, 1.807) is 19.2 Å². The number of nitrogens with zero attached hydrogens (tertiary/aromatic N) is 1. The Balaban J connectivity index is 2.09. The average Bonchev–Trinajstić information content (AvgIpc) is 2.47. The summed E-state index contributed by atoms with van der Waals surface area (Å²) in [5.74, 6) is 0.0996. The van der Waals surface area contributed by atoms with Crippen molar-refractivity contribution in [1.29, 1.82) is 0 Å². The summed E-state index contributed by atoms with van der Waals surface area (Å²) in [6.07, 6.45) is 0.353. The molecule has 0 unspecified atom stereocenters. The number of carbonyl (C=O) groups is 1. The molecule has 1 rings (SSSR count). The van der Waals surface area contributed by atoms with Crippen molar-refractivity contribution < 1.29 is 23.4 Å². The Hall–Kier alpha value is -1.34. The number of amides is 1. The highest BCUT2D eigenvalue weighted by Crippen LogP contribution is 2.20. The summed E-state index contributed by atoms with van der Waals surface area (Å²) < 4.78 is 29.8. The summed E-state index contributed by atoms with van der Waals surface area (Å²) in [7, 11) is 1.69. The Morgan fingerprint density at radius 2 is 1.96 bits per heavy atom. The number of rotatable bonds is 8. The molecular weight excluding hydrogens is 381 g/mol. The Kier molecular flexibility index (Phi) is 8.48. The van der Waals surface area contributed by atoms with E-state index in [9.17, 15) is 9.18 Å². The summed E-state index contributed by atoms with van der Waals surface area (Å²) in [5, 5.41) is 0. The summed E-state index contributed by atoms with van der Waals surface area (Å²) in [4.78, 5) is 13.3. The van der Waals surface area contributed by atoms with Gasteiger partial charge in [0.2, 0.25) is 0 Å². The highest BCUT2D eigenvalue weighted by Gasteiger charge is 2.19. The third-order valence-electron chi connectivity index (χ3n) is 2.87. The summed E-state index contributed by atoms with van der Waals surface area (Å²) >= 11 is 3.09. The fourth-order valence-corrected chi connectivity index (χ4v) is 1.97. The zero-order valence-corrected chi connectivity index (χ0v) is 16.2. The Morgan fingerprint density at radius 1 is 1.25 bits per heavy atom. The van der Waals surface area contributed by atoms with Crippen LogP contribution in [0.15, 0.2) is 22.7 Å². The van der Waals surface area contributed by atoms with E-state index in [0.29, 0.717) is 43.0 Å². The highest BCUT2D eigenvalue weighted by molar-refractivity contribution is 9.10. The highest BCUT2D eigenvalue weighted by atomic mass is 79.9. The second kappa shape index (κ2) is 9.84. The van der Waals surface area contributed by atoms with Crippen LogP contribution in [-0.2, 0) is 9.47 Å². The molecule has 0 aliphatic rings. The molecule has 0 radical (unpaired) electrons. The van der Waals surface area contributed by atoms with Gasteiger partial charge in [-0.2, -0.15) is 0 Å². The third-order valence-corrected chi connectivity index (χ3v) is 3.52. The first-order valence-electron chi connectivity index (χ1n) is 7.79. The molecule has 0 bridgehead atoms. The van der Waals surface area contributed by atoms with Crippen molar-refractivity contribution in [2.75, 3.05) is 33.4 Å². The van der Waals surface area contributed by atoms with Gasteiger partial charge in [-0.1, -0.05) is 0 Å². The largest absolute Gasteiger partial charge is 0.491 e. The van der Waals surface area contributed by atoms with Crippen molar-refractivity contribution in [2.24, 2.45) is 0 Å². The molecule has 0 aromatic heterocycles. The van der Waals surface area contributed by atoms with E-state index in [-0.39, 0.29) is 11.9 Å². The average molecular weight is 406 g/mol. The lowest BCUT2D eigenvalue weighted by Crippen LogP contribution is -2.35. The molecule has 0 spiro atoms. The molecule has 0 saturated carbocycles. The van der Waals surface area contributed by atoms with Crippen molar-refractivity contribution in [3.8, 4) is 5.75 Å². The zero-order valence-electron chi connectivity index (χ0n) is 14.6. The molecule has 0 N–H and O–H groups in total. The predicted molar refractivity (Wildman–Crippen MR) is 93.9 cm³/mol. The number of carbonyl (C=O) groups excluding carboxylic acids is 1. The fraction of sp³-hybridized carbons (Fsp3) is 0.588. The third kappa shape index (κ3) is 8.49. The van der Waals surface area contributed by atoms with Crippen LogP contribution in [0.3, 0.4) is 0 Å². The number of halogens is 2. The van der Waals surface area contributed by atoms with Gasteiger partial charge in [0.1, 0.15) is 23.8 Å². The molecule has 1 aromatic rings. The summed E-state index contributed by atoms with van der Waals surface area (Å²) in [6, 6.07) is 4.60. The van der Waals surface area contributed by atoms with Gasteiger partial charge in [0, 0.05) is 26.3 Å². The van der Waals surface area contributed by atoms with Gasteiger partial charge in [-0.3, -0.25) is 0 Å². The van der Waals surface area contributed by atoms with Crippen molar-refractivity contribution in [2.45, 2.75) is 32.8 Å². The van der Waals surface area contributed by atoms with E-state index in [2.05, 4.69) is 15.9 Å². The number of hydrogen-bond donors (Lipinski definition) is 0. The monoisotopic (exact) mass is 405 g/mol. The molecule has 0 heterocycles. The Labute approximate surface area is 151 Å². The number of hydrogen-bond acceptors (Lipinski definition) is 4. The second-order valence-electron chi connectivity index (χ2n) is 6.29. The maximum Gasteiger partial charge on any atom is 0.410 e. The Morgan fingerprint density at radius 3 is 2.58 bits per heavy atom. The lowest BCUT2D eigenvalue weighted by Gasteiger charge is -2.24. The zero-order chi connectivity index (χ0) is 18.2. The van der Waals surface area contributed by atoms with E-state index in [1.165, 1.54) is 11.0 Å². The molecule has 5 nitrogen and oxygen atoms in total. The molecular formula is C17H25BrFNO4. The SMILES string of the molecule is CN(CCCOCCOc1ccc(Br)c(F)c1)C(=O)OC(C)(C)C. The summed E-state index contributed by atoms with van der Waals surface area (Å²) in [6.45, 7) is 7.28. The molecule has 136 valence electrons. The van der Waals surface area contributed by atoms with Gasteiger partial charge in [-0.15, -0.1) is 0 Å². The van der Waals surface area contributed by atoms with Crippen LogP contribution < -0.4 is 4.74 Å². The van der Waals surface area contributed by atoms with Crippen LogP contribution in [0.25, 0.3) is 0 Å². The van der Waals surface area contributed by atoms with Crippen molar-refractivity contribution in [3.05, 3.63) is 28.5 Å².